The minimum Gasteiger partial charge on any atom is -0.422 e. The third kappa shape index (κ3) is 1.38. The highest BCUT2D eigenvalue weighted by Crippen LogP contribution is 2.40. The molecule has 0 aliphatic heterocycles. The Morgan fingerprint density at radius 1 is 1.40 bits per heavy atom. The molecule has 0 fully saturated rings. The second kappa shape index (κ2) is 3.39. The molecule has 2 heteroatoms. The molecule has 0 bridgehead atoms. The van der Waals surface area contributed by atoms with E-state index in [9.17, 15) is 4.79 Å². The molecule has 76 valence electrons. The zero-order valence-corrected chi connectivity index (χ0v) is 8.83. The maximum absolute atomic E-state index is 11.2. The van der Waals surface area contributed by atoms with Gasteiger partial charge in [0.1, 0.15) is 5.76 Å². The van der Waals surface area contributed by atoms with Crippen molar-refractivity contribution in [1.82, 2.24) is 0 Å². The van der Waals surface area contributed by atoms with E-state index in [2.05, 4.69) is 6.58 Å². The maximum Gasteiger partial charge on any atom is 0.335 e. The molecule has 0 spiro atoms. The van der Waals surface area contributed by atoms with Crippen molar-refractivity contribution < 1.29 is 9.53 Å². The van der Waals surface area contributed by atoms with E-state index >= 15 is 0 Å². The summed E-state index contributed by atoms with van der Waals surface area (Å²) in [5.74, 6) is 0.253. The summed E-state index contributed by atoms with van der Waals surface area (Å²) in [5, 5.41) is 0. The Labute approximate surface area is 88.9 Å². The van der Waals surface area contributed by atoms with Crippen LogP contribution in [0.1, 0.15) is 13.8 Å². The first-order chi connectivity index (χ1) is 7.15. The van der Waals surface area contributed by atoms with Crippen molar-refractivity contribution in [2.75, 3.05) is 0 Å². The van der Waals surface area contributed by atoms with E-state index in [0.717, 1.165) is 16.7 Å². The van der Waals surface area contributed by atoms with E-state index in [1.807, 2.05) is 32.1 Å². The number of esters is 1. The largest absolute Gasteiger partial charge is 0.422 e. The van der Waals surface area contributed by atoms with Crippen LogP contribution in [0.3, 0.4) is 0 Å². The third-order valence-electron chi connectivity index (χ3n) is 2.74. The second-order valence-corrected chi connectivity index (χ2v) is 3.56. The smallest absolute Gasteiger partial charge is 0.335 e. The van der Waals surface area contributed by atoms with Crippen molar-refractivity contribution in [2.45, 2.75) is 13.8 Å². The van der Waals surface area contributed by atoms with Gasteiger partial charge in [-0.15, -0.1) is 0 Å². The third-order valence-corrected chi connectivity index (χ3v) is 2.74. The summed E-state index contributed by atoms with van der Waals surface area (Å²) in [5.41, 5.74) is 4.34. The molecule has 0 N–H and O–H groups in total. The van der Waals surface area contributed by atoms with E-state index in [4.69, 9.17) is 4.74 Å². The summed E-state index contributed by atoms with van der Waals surface area (Å²) in [4.78, 5) is 11.2. The fraction of sp³-hybridized carbons (Fsp3) is 0.154. The minimum absolute atomic E-state index is 0.411. The van der Waals surface area contributed by atoms with Gasteiger partial charge >= 0.3 is 5.97 Å². The number of rotatable bonds is 2. The first-order valence-corrected chi connectivity index (χ1v) is 4.80. The van der Waals surface area contributed by atoms with Crippen LogP contribution in [0.25, 0.3) is 0 Å². The van der Waals surface area contributed by atoms with Gasteiger partial charge in [0.25, 0.3) is 0 Å². The predicted molar refractivity (Wildman–Crippen MR) is 58.9 cm³/mol. The average Bonchev–Trinajstić information content (AvgIpc) is 2.78. The zero-order valence-electron chi connectivity index (χ0n) is 8.83. The molecule has 0 saturated carbocycles. The Morgan fingerprint density at radius 3 is 2.80 bits per heavy atom. The first kappa shape index (κ1) is 9.71. The van der Waals surface area contributed by atoms with Crippen LogP contribution in [0.4, 0.5) is 0 Å². The quantitative estimate of drug-likeness (QED) is 0.506. The minimum atomic E-state index is -0.411. The van der Waals surface area contributed by atoms with Gasteiger partial charge in [-0.25, -0.2) is 4.79 Å². The number of carbonyl (C=O) groups is 1. The number of hydrogen-bond donors (Lipinski definition) is 0. The molecular weight excluding hydrogens is 188 g/mol. The van der Waals surface area contributed by atoms with Crippen LogP contribution < -0.4 is 0 Å². The highest BCUT2D eigenvalue weighted by Gasteiger charge is 2.26. The van der Waals surface area contributed by atoms with Crippen LogP contribution in [0.5, 0.6) is 0 Å². The molecule has 2 rings (SSSR count). The van der Waals surface area contributed by atoms with E-state index in [1.165, 1.54) is 11.6 Å². The Balaban J connectivity index is 2.36. The Morgan fingerprint density at radius 2 is 2.13 bits per heavy atom. The summed E-state index contributed by atoms with van der Waals surface area (Å²) >= 11 is 0. The van der Waals surface area contributed by atoms with Crippen molar-refractivity contribution in [3.8, 4) is 0 Å². The maximum atomic E-state index is 11.2. The lowest BCUT2D eigenvalue weighted by Crippen LogP contribution is -2.01. The molecular formula is C13H12O2. The first-order valence-electron chi connectivity index (χ1n) is 4.80. The SMILES string of the molecule is C=CC(=O)OC1=C(C)C(C)=C2C=CC=C21. The number of carbonyl (C=O) groups excluding carboxylic acids is 1. The second-order valence-electron chi connectivity index (χ2n) is 3.56. The average molecular weight is 200 g/mol. The molecule has 0 atom stereocenters. The van der Waals surface area contributed by atoms with Crippen molar-refractivity contribution in [2.24, 2.45) is 0 Å². The summed E-state index contributed by atoms with van der Waals surface area (Å²) in [6.45, 7) is 7.38. The van der Waals surface area contributed by atoms with Crippen LogP contribution >= 0.6 is 0 Å². The van der Waals surface area contributed by atoms with E-state index in [-0.39, 0.29) is 0 Å². The summed E-state index contributed by atoms with van der Waals surface area (Å²) < 4.78 is 5.23. The van der Waals surface area contributed by atoms with Crippen molar-refractivity contribution >= 4 is 5.97 Å². The summed E-state index contributed by atoms with van der Waals surface area (Å²) in [6, 6.07) is 0. The van der Waals surface area contributed by atoms with E-state index in [1.54, 1.807) is 0 Å². The molecule has 2 nitrogen and oxygen atoms in total. The number of fused-ring (bicyclic) bond motifs is 1. The van der Waals surface area contributed by atoms with E-state index < -0.39 is 5.97 Å². The lowest BCUT2D eigenvalue weighted by molar-refractivity contribution is -0.133. The molecule has 0 amide bonds. The molecule has 2 aliphatic rings. The normalized spacial score (nSPS) is 18.1. The van der Waals surface area contributed by atoms with Gasteiger partial charge in [-0.05, 0) is 30.6 Å². The van der Waals surface area contributed by atoms with Gasteiger partial charge in [-0.1, -0.05) is 24.8 Å². The fourth-order valence-electron chi connectivity index (χ4n) is 1.79. The monoisotopic (exact) mass is 200 g/mol. The molecule has 2 aliphatic carbocycles. The Kier molecular flexibility index (Phi) is 2.19. The predicted octanol–water partition coefficient (Wildman–Crippen LogP) is 2.82. The number of hydrogen-bond acceptors (Lipinski definition) is 2. The van der Waals surface area contributed by atoms with Crippen LogP contribution in [0.2, 0.25) is 0 Å². The standard InChI is InChI=1S/C13H12O2/c1-4-12(14)15-13-9(3)8(2)10-6-5-7-11(10)13/h4-7H,1H2,2-3H3. The summed E-state index contributed by atoms with van der Waals surface area (Å²) in [6.07, 6.45) is 7.13. The van der Waals surface area contributed by atoms with Gasteiger partial charge < -0.3 is 4.74 Å². The van der Waals surface area contributed by atoms with Crippen LogP contribution in [-0.2, 0) is 9.53 Å². The van der Waals surface area contributed by atoms with E-state index in [0.29, 0.717) is 5.76 Å². The van der Waals surface area contributed by atoms with Crippen LogP contribution in [0.15, 0.2) is 58.9 Å². The van der Waals surface area contributed by atoms with Crippen LogP contribution in [-0.4, -0.2) is 5.97 Å². The van der Waals surface area contributed by atoms with Crippen LogP contribution in [0, 0.1) is 0 Å². The summed E-state index contributed by atoms with van der Waals surface area (Å²) in [7, 11) is 0. The van der Waals surface area contributed by atoms with Gasteiger partial charge in [0.2, 0.25) is 0 Å². The molecule has 0 saturated heterocycles. The topological polar surface area (TPSA) is 26.3 Å². The molecule has 0 unspecified atom stereocenters. The van der Waals surface area contributed by atoms with Gasteiger partial charge in [-0.2, -0.15) is 0 Å². The Bertz CT molecular complexity index is 471. The van der Waals surface area contributed by atoms with Gasteiger partial charge in [0.05, 0.1) is 0 Å². The highest BCUT2D eigenvalue weighted by atomic mass is 16.5. The number of allylic oxidation sites excluding steroid dienone is 6. The molecule has 0 aromatic heterocycles. The van der Waals surface area contributed by atoms with Crippen molar-refractivity contribution in [3.63, 3.8) is 0 Å². The molecule has 0 heterocycles. The molecule has 0 aromatic carbocycles. The van der Waals surface area contributed by atoms with Gasteiger partial charge in [0.15, 0.2) is 0 Å². The molecule has 0 aromatic rings. The van der Waals surface area contributed by atoms with Crippen molar-refractivity contribution in [3.05, 3.63) is 58.9 Å². The Hall–Kier alpha value is -1.83. The lowest BCUT2D eigenvalue weighted by atomic mass is 10.1. The van der Waals surface area contributed by atoms with Gasteiger partial charge in [-0.3, -0.25) is 0 Å². The highest BCUT2D eigenvalue weighted by molar-refractivity contribution is 5.84. The van der Waals surface area contributed by atoms with Gasteiger partial charge in [0, 0.05) is 11.6 Å². The fourth-order valence-corrected chi connectivity index (χ4v) is 1.79. The molecule has 0 radical (unpaired) electrons. The number of ether oxygens (including phenoxy) is 1. The lowest BCUT2D eigenvalue weighted by Gasteiger charge is -2.05. The molecule has 15 heavy (non-hydrogen) atoms. The van der Waals surface area contributed by atoms with Crippen molar-refractivity contribution in [1.29, 1.82) is 0 Å². The zero-order chi connectivity index (χ0) is 11.0.